The Morgan fingerprint density at radius 2 is 2.00 bits per heavy atom. The maximum Gasteiger partial charge on any atom is 0.0542 e. The molecule has 0 saturated carbocycles. The smallest absolute Gasteiger partial charge is 0.0542 e. The van der Waals surface area contributed by atoms with E-state index in [4.69, 9.17) is 4.74 Å². The van der Waals surface area contributed by atoms with Crippen molar-refractivity contribution in [1.29, 1.82) is 0 Å². The maximum atomic E-state index is 5.08. The molecular weight excluding hydrogens is 212 g/mol. The molecule has 0 bridgehead atoms. The van der Waals surface area contributed by atoms with Crippen LogP contribution in [0.15, 0.2) is 12.3 Å². The van der Waals surface area contributed by atoms with Gasteiger partial charge in [0, 0.05) is 32.5 Å². The van der Waals surface area contributed by atoms with E-state index in [9.17, 15) is 0 Å². The highest BCUT2D eigenvalue weighted by Gasteiger charge is 2.26. The first-order valence-corrected chi connectivity index (χ1v) is 6.45. The van der Waals surface area contributed by atoms with Crippen LogP contribution in [0.1, 0.15) is 34.1 Å². The SMILES string of the molecule is C=C(NCC(C)C)C(C)(C)N(C)CCCOC. The second-order valence-corrected chi connectivity index (χ2v) is 5.58. The Balaban J connectivity index is 4.17. The normalized spacial score (nSPS) is 12.2. The minimum Gasteiger partial charge on any atom is -0.387 e. The predicted octanol–water partition coefficient (Wildman–Crippen LogP) is 2.49. The minimum absolute atomic E-state index is 0.0252. The van der Waals surface area contributed by atoms with Crippen molar-refractivity contribution in [3.8, 4) is 0 Å². The molecule has 17 heavy (non-hydrogen) atoms. The monoisotopic (exact) mass is 242 g/mol. The molecule has 0 spiro atoms. The summed E-state index contributed by atoms with van der Waals surface area (Å²) in [4.78, 5) is 2.32. The molecule has 0 radical (unpaired) electrons. The lowest BCUT2D eigenvalue weighted by Crippen LogP contribution is -2.47. The van der Waals surface area contributed by atoms with Crippen molar-refractivity contribution in [2.75, 3.05) is 33.9 Å². The summed E-state index contributed by atoms with van der Waals surface area (Å²) in [5.41, 5.74) is 1.06. The third-order valence-corrected chi connectivity index (χ3v) is 3.26. The van der Waals surface area contributed by atoms with Crippen molar-refractivity contribution in [1.82, 2.24) is 10.2 Å². The summed E-state index contributed by atoms with van der Waals surface area (Å²) >= 11 is 0. The zero-order chi connectivity index (χ0) is 13.5. The van der Waals surface area contributed by atoms with Crippen molar-refractivity contribution < 1.29 is 4.74 Å². The van der Waals surface area contributed by atoms with Crippen molar-refractivity contribution >= 4 is 0 Å². The number of rotatable bonds is 9. The molecule has 0 aliphatic heterocycles. The van der Waals surface area contributed by atoms with Gasteiger partial charge < -0.3 is 10.1 Å². The van der Waals surface area contributed by atoms with Gasteiger partial charge in [0.05, 0.1) is 5.54 Å². The van der Waals surface area contributed by atoms with E-state index in [0.717, 1.165) is 31.8 Å². The Morgan fingerprint density at radius 3 is 2.47 bits per heavy atom. The molecule has 0 aromatic heterocycles. The van der Waals surface area contributed by atoms with Crippen molar-refractivity contribution in [3.05, 3.63) is 12.3 Å². The lowest BCUT2D eigenvalue weighted by atomic mass is 9.98. The fourth-order valence-corrected chi connectivity index (χ4v) is 1.50. The molecule has 0 atom stereocenters. The van der Waals surface area contributed by atoms with Gasteiger partial charge in [0.25, 0.3) is 0 Å². The van der Waals surface area contributed by atoms with Gasteiger partial charge >= 0.3 is 0 Å². The topological polar surface area (TPSA) is 24.5 Å². The fourth-order valence-electron chi connectivity index (χ4n) is 1.50. The van der Waals surface area contributed by atoms with E-state index in [1.54, 1.807) is 7.11 Å². The largest absolute Gasteiger partial charge is 0.387 e. The van der Waals surface area contributed by atoms with Gasteiger partial charge in [0.2, 0.25) is 0 Å². The molecule has 0 heterocycles. The van der Waals surface area contributed by atoms with Crippen LogP contribution < -0.4 is 5.32 Å². The second-order valence-electron chi connectivity index (χ2n) is 5.58. The van der Waals surface area contributed by atoms with Crippen molar-refractivity contribution in [2.24, 2.45) is 5.92 Å². The molecule has 3 nitrogen and oxygen atoms in total. The first-order chi connectivity index (χ1) is 7.82. The van der Waals surface area contributed by atoms with E-state index >= 15 is 0 Å². The Kier molecular flexibility index (Phi) is 7.48. The number of nitrogens with one attached hydrogen (secondary N) is 1. The molecule has 0 amide bonds. The minimum atomic E-state index is -0.0252. The third kappa shape index (κ3) is 6.08. The summed E-state index contributed by atoms with van der Waals surface area (Å²) < 4.78 is 5.08. The van der Waals surface area contributed by atoms with Gasteiger partial charge in [-0.15, -0.1) is 0 Å². The Morgan fingerprint density at radius 1 is 1.41 bits per heavy atom. The number of hydrogen-bond acceptors (Lipinski definition) is 3. The first-order valence-electron chi connectivity index (χ1n) is 6.45. The van der Waals surface area contributed by atoms with Gasteiger partial charge in [-0.1, -0.05) is 20.4 Å². The van der Waals surface area contributed by atoms with Crippen LogP contribution in [0, 0.1) is 5.92 Å². The van der Waals surface area contributed by atoms with Gasteiger partial charge in [-0.05, 0) is 33.2 Å². The van der Waals surface area contributed by atoms with Crippen LogP contribution in [0.5, 0.6) is 0 Å². The van der Waals surface area contributed by atoms with Crippen LogP contribution in [0.3, 0.4) is 0 Å². The van der Waals surface area contributed by atoms with Crippen molar-refractivity contribution in [2.45, 2.75) is 39.7 Å². The highest BCUT2D eigenvalue weighted by atomic mass is 16.5. The molecule has 0 aliphatic rings. The summed E-state index contributed by atoms with van der Waals surface area (Å²) in [5, 5.41) is 3.43. The fraction of sp³-hybridized carbons (Fsp3) is 0.857. The van der Waals surface area contributed by atoms with Crippen LogP contribution in [0.4, 0.5) is 0 Å². The highest BCUT2D eigenvalue weighted by molar-refractivity contribution is 5.11. The third-order valence-electron chi connectivity index (χ3n) is 3.26. The number of ether oxygens (including phenoxy) is 1. The molecule has 3 heteroatoms. The van der Waals surface area contributed by atoms with Crippen LogP contribution in [-0.2, 0) is 4.74 Å². The lowest BCUT2D eigenvalue weighted by Gasteiger charge is -2.38. The summed E-state index contributed by atoms with van der Waals surface area (Å²) in [6.07, 6.45) is 1.05. The average Bonchev–Trinajstić information content (AvgIpc) is 2.25. The molecule has 102 valence electrons. The number of nitrogens with zero attached hydrogens (tertiary/aromatic N) is 1. The lowest BCUT2D eigenvalue weighted by molar-refractivity contribution is 0.143. The molecule has 0 aliphatic carbocycles. The summed E-state index contributed by atoms with van der Waals surface area (Å²) in [5.74, 6) is 0.640. The van der Waals surface area contributed by atoms with Crippen LogP contribution in [-0.4, -0.2) is 44.3 Å². The van der Waals surface area contributed by atoms with Gasteiger partial charge in [0.1, 0.15) is 0 Å². The van der Waals surface area contributed by atoms with Gasteiger partial charge in [-0.2, -0.15) is 0 Å². The van der Waals surface area contributed by atoms with E-state index in [0.29, 0.717) is 5.92 Å². The maximum absolute atomic E-state index is 5.08. The molecule has 0 saturated heterocycles. The molecule has 0 unspecified atom stereocenters. The van der Waals surface area contributed by atoms with E-state index in [-0.39, 0.29) is 5.54 Å². The van der Waals surface area contributed by atoms with Gasteiger partial charge in [0.15, 0.2) is 0 Å². The van der Waals surface area contributed by atoms with E-state index in [1.807, 2.05) is 0 Å². The van der Waals surface area contributed by atoms with E-state index in [2.05, 4.69) is 51.5 Å². The highest BCUT2D eigenvalue weighted by Crippen LogP contribution is 2.19. The Bertz CT molecular complexity index is 224. The van der Waals surface area contributed by atoms with Crippen molar-refractivity contribution in [3.63, 3.8) is 0 Å². The van der Waals surface area contributed by atoms with Gasteiger partial charge in [-0.25, -0.2) is 0 Å². The standard InChI is InChI=1S/C14H30N2O/c1-12(2)11-15-13(3)14(4,5)16(6)9-8-10-17-7/h12,15H,3,8-11H2,1-2,4-7H3. The molecule has 0 fully saturated rings. The second kappa shape index (κ2) is 7.72. The zero-order valence-electron chi connectivity index (χ0n) is 12.5. The quantitative estimate of drug-likeness (QED) is 0.629. The zero-order valence-corrected chi connectivity index (χ0v) is 12.5. The predicted molar refractivity (Wildman–Crippen MR) is 75.2 cm³/mol. The van der Waals surface area contributed by atoms with E-state index < -0.39 is 0 Å². The molecular formula is C14H30N2O. The Hall–Kier alpha value is -0.540. The summed E-state index contributed by atoms with van der Waals surface area (Å²) in [6.45, 7) is 15.8. The summed E-state index contributed by atoms with van der Waals surface area (Å²) in [7, 11) is 3.88. The average molecular weight is 242 g/mol. The molecule has 0 rings (SSSR count). The van der Waals surface area contributed by atoms with Crippen LogP contribution in [0.25, 0.3) is 0 Å². The molecule has 1 N–H and O–H groups in total. The molecule has 0 aromatic rings. The number of hydrogen-bond donors (Lipinski definition) is 1. The number of likely N-dealkylation sites (N-methyl/N-ethyl adjacent to an activating group) is 1. The van der Waals surface area contributed by atoms with Crippen LogP contribution >= 0.6 is 0 Å². The van der Waals surface area contributed by atoms with E-state index in [1.165, 1.54) is 0 Å². The summed E-state index contributed by atoms with van der Waals surface area (Å²) in [6, 6.07) is 0. The van der Waals surface area contributed by atoms with Crippen LogP contribution in [0.2, 0.25) is 0 Å². The van der Waals surface area contributed by atoms with Gasteiger partial charge in [-0.3, -0.25) is 4.90 Å². The first kappa shape index (κ1) is 16.5. The number of methoxy groups -OCH3 is 1. The Labute approximate surface area is 107 Å². The molecule has 0 aromatic carbocycles.